The van der Waals surface area contributed by atoms with E-state index < -0.39 is 0 Å². The number of carbonyl (C=O) groups is 2. The zero-order valence-electron chi connectivity index (χ0n) is 21.3. The normalized spacial score (nSPS) is 16.9. The molecule has 5 rings (SSSR count). The molecule has 0 bridgehead atoms. The summed E-state index contributed by atoms with van der Waals surface area (Å²) < 4.78 is 13.8. The summed E-state index contributed by atoms with van der Waals surface area (Å²) >= 11 is 0. The van der Waals surface area contributed by atoms with E-state index in [9.17, 15) is 9.59 Å². The van der Waals surface area contributed by atoms with Gasteiger partial charge in [0, 0.05) is 60.6 Å². The number of carbonyl (C=O) groups excluding carboxylic acids is 2. The van der Waals surface area contributed by atoms with Crippen molar-refractivity contribution in [3.63, 3.8) is 0 Å². The maximum absolute atomic E-state index is 12.7. The molecular formula is C28H32N4O4. The number of ether oxygens (including phenoxy) is 2. The second-order valence-electron chi connectivity index (χ2n) is 10.3. The number of benzene rings is 2. The van der Waals surface area contributed by atoms with Crippen LogP contribution in [0.4, 0.5) is 5.69 Å². The van der Waals surface area contributed by atoms with Crippen LogP contribution >= 0.6 is 0 Å². The van der Waals surface area contributed by atoms with Crippen LogP contribution in [-0.4, -0.2) is 65.9 Å². The Hall–Kier alpha value is -3.49. The molecule has 0 aliphatic carbocycles. The average Bonchev–Trinajstić information content (AvgIpc) is 3.41. The highest BCUT2D eigenvalue weighted by atomic mass is 16.5. The fourth-order valence-electron chi connectivity index (χ4n) is 4.69. The van der Waals surface area contributed by atoms with Crippen molar-refractivity contribution < 1.29 is 19.1 Å². The van der Waals surface area contributed by atoms with Gasteiger partial charge < -0.3 is 9.47 Å². The van der Waals surface area contributed by atoms with Crippen LogP contribution in [0.15, 0.2) is 48.6 Å². The zero-order valence-corrected chi connectivity index (χ0v) is 21.3. The average molecular weight is 489 g/mol. The molecule has 188 valence electrons. The number of fused-ring (bicyclic) bond motifs is 1. The van der Waals surface area contributed by atoms with E-state index in [0.29, 0.717) is 12.3 Å². The molecule has 36 heavy (non-hydrogen) atoms. The standard InChI is InChI=1S/C28H32N4O4/c1-28(2,3)24-18-22(30(4)29-24)21-17-23(32-25(33)9-10-26(32)34)19-7-5-6-8-20(19)27(21)36-16-13-31-11-14-35-15-12-31/h5-10,17-18H,11-16H2,1-4H3. The summed E-state index contributed by atoms with van der Waals surface area (Å²) in [5, 5.41) is 6.40. The third-order valence-electron chi connectivity index (χ3n) is 6.71. The van der Waals surface area contributed by atoms with Crippen LogP contribution in [-0.2, 0) is 26.8 Å². The van der Waals surface area contributed by atoms with Gasteiger partial charge in [0.25, 0.3) is 11.8 Å². The number of hydrogen-bond acceptors (Lipinski definition) is 6. The summed E-state index contributed by atoms with van der Waals surface area (Å²) in [6, 6.07) is 11.7. The van der Waals surface area contributed by atoms with E-state index in [4.69, 9.17) is 14.6 Å². The molecule has 3 heterocycles. The smallest absolute Gasteiger partial charge is 0.258 e. The molecule has 0 N–H and O–H groups in total. The number of anilines is 1. The van der Waals surface area contributed by atoms with Crippen LogP contribution in [0.25, 0.3) is 22.0 Å². The molecule has 1 saturated heterocycles. The van der Waals surface area contributed by atoms with Crippen molar-refractivity contribution in [1.29, 1.82) is 0 Å². The first-order valence-corrected chi connectivity index (χ1v) is 12.3. The van der Waals surface area contributed by atoms with E-state index in [0.717, 1.165) is 66.3 Å². The summed E-state index contributed by atoms with van der Waals surface area (Å²) in [7, 11) is 1.91. The van der Waals surface area contributed by atoms with Gasteiger partial charge >= 0.3 is 0 Å². The van der Waals surface area contributed by atoms with Gasteiger partial charge in [-0.25, -0.2) is 4.90 Å². The first kappa shape index (κ1) is 24.2. The SMILES string of the molecule is Cn1nc(C(C)(C)C)cc1-c1cc(N2C(=O)C=CC2=O)c2ccccc2c1OCCN1CCOCC1. The number of nitrogens with zero attached hydrogens (tertiary/aromatic N) is 4. The summed E-state index contributed by atoms with van der Waals surface area (Å²) in [4.78, 5) is 28.9. The van der Waals surface area contributed by atoms with E-state index in [1.165, 1.54) is 17.1 Å². The van der Waals surface area contributed by atoms with Crippen molar-refractivity contribution in [2.75, 3.05) is 44.4 Å². The predicted molar refractivity (Wildman–Crippen MR) is 139 cm³/mol. The van der Waals surface area contributed by atoms with Gasteiger partial charge in [0.1, 0.15) is 12.4 Å². The molecule has 2 aromatic carbocycles. The number of rotatable bonds is 6. The first-order valence-electron chi connectivity index (χ1n) is 12.3. The predicted octanol–water partition coefficient (Wildman–Crippen LogP) is 3.68. The van der Waals surface area contributed by atoms with E-state index in [1.807, 2.05) is 42.1 Å². The number of morpholine rings is 1. The Morgan fingerprint density at radius 2 is 1.67 bits per heavy atom. The number of imide groups is 1. The molecule has 1 fully saturated rings. The lowest BCUT2D eigenvalue weighted by Crippen LogP contribution is -2.38. The van der Waals surface area contributed by atoms with Crippen LogP contribution in [0.1, 0.15) is 26.5 Å². The third-order valence-corrected chi connectivity index (χ3v) is 6.71. The molecule has 2 amide bonds. The highest BCUT2D eigenvalue weighted by Crippen LogP contribution is 2.43. The van der Waals surface area contributed by atoms with Gasteiger partial charge in [-0.2, -0.15) is 5.10 Å². The van der Waals surface area contributed by atoms with Crippen molar-refractivity contribution in [3.8, 4) is 17.0 Å². The number of aromatic nitrogens is 2. The molecule has 0 radical (unpaired) electrons. The lowest BCUT2D eigenvalue weighted by molar-refractivity contribution is -0.119. The quantitative estimate of drug-likeness (QED) is 0.493. The van der Waals surface area contributed by atoms with Crippen molar-refractivity contribution in [2.24, 2.45) is 7.05 Å². The molecule has 2 aliphatic heterocycles. The molecule has 8 heteroatoms. The molecule has 0 atom stereocenters. The van der Waals surface area contributed by atoms with Crippen molar-refractivity contribution in [2.45, 2.75) is 26.2 Å². The Morgan fingerprint density at radius 1 is 1.00 bits per heavy atom. The lowest BCUT2D eigenvalue weighted by atomic mass is 9.91. The van der Waals surface area contributed by atoms with Crippen LogP contribution in [0.5, 0.6) is 5.75 Å². The summed E-state index contributed by atoms with van der Waals surface area (Å²) in [6.07, 6.45) is 2.62. The van der Waals surface area contributed by atoms with E-state index in [1.54, 1.807) is 0 Å². The minimum atomic E-state index is -0.350. The van der Waals surface area contributed by atoms with E-state index in [2.05, 4.69) is 31.7 Å². The second-order valence-corrected chi connectivity index (χ2v) is 10.3. The highest BCUT2D eigenvalue weighted by Gasteiger charge is 2.30. The molecule has 0 saturated carbocycles. The first-order chi connectivity index (χ1) is 17.2. The molecule has 0 unspecified atom stereocenters. The van der Waals surface area contributed by atoms with E-state index in [-0.39, 0.29) is 17.2 Å². The van der Waals surface area contributed by atoms with E-state index >= 15 is 0 Å². The van der Waals surface area contributed by atoms with Gasteiger partial charge in [-0.3, -0.25) is 19.2 Å². The van der Waals surface area contributed by atoms with Gasteiger partial charge in [0.05, 0.1) is 30.3 Å². The van der Waals surface area contributed by atoms with Crippen LogP contribution < -0.4 is 9.64 Å². The molecular weight excluding hydrogens is 456 g/mol. The summed E-state index contributed by atoms with van der Waals surface area (Å²) in [5.74, 6) is 0.0214. The number of hydrogen-bond donors (Lipinski definition) is 0. The third kappa shape index (κ3) is 4.54. The Balaban J connectivity index is 1.64. The molecule has 3 aromatic rings. The minimum absolute atomic E-state index is 0.141. The van der Waals surface area contributed by atoms with Gasteiger partial charge in [-0.05, 0) is 12.1 Å². The maximum atomic E-state index is 12.7. The Kier molecular flexibility index (Phi) is 6.40. The molecule has 0 spiro atoms. The summed E-state index contributed by atoms with van der Waals surface area (Å²) in [5.41, 5.74) is 3.00. The van der Waals surface area contributed by atoms with Crippen LogP contribution in [0, 0.1) is 0 Å². The minimum Gasteiger partial charge on any atom is -0.491 e. The lowest BCUT2D eigenvalue weighted by Gasteiger charge is -2.27. The Morgan fingerprint density at radius 3 is 2.31 bits per heavy atom. The van der Waals surface area contributed by atoms with Crippen molar-refractivity contribution in [1.82, 2.24) is 14.7 Å². The molecule has 1 aromatic heterocycles. The Bertz CT molecular complexity index is 1330. The van der Waals surface area contributed by atoms with Crippen molar-refractivity contribution in [3.05, 3.63) is 54.2 Å². The zero-order chi connectivity index (χ0) is 25.4. The van der Waals surface area contributed by atoms with Gasteiger partial charge in [0.15, 0.2) is 0 Å². The largest absolute Gasteiger partial charge is 0.491 e. The Labute approximate surface area is 211 Å². The maximum Gasteiger partial charge on any atom is 0.258 e. The number of amides is 2. The molecule has 8 nitrogen and oxygen atoms in total. The fraction of sp³-hybridized carbons (Fsp3) is 0.393. The van der Waals surface area contributed by atoms with Crippen LogP contribution in [0.3, 0.4) is 0 Å². The van der Waals surface area contributed by atoms with Gasteiger partial charge in [-0.15, -0.1) is 0 Å². The number of aryl methyl sites for hydroxylation is 1. The van der Waals surface area contributed by atoms with Crippen molar-refractivity contribution >= 4 is 28.3 Å². The molecule has 2 aliphatic rings. The fourth-order valence-corrected chi connectivity index (χ4v) is 4.69. The monoisotopic (exact) mass is 488 g/mol. The van der Waals surface area contributed by atoms with Gasteiger partial charge in [0.2, 0.25) is 0 Å². The topological polar surface area (TPSA) is 76.9 Å². The van der Waals surface area contributed by atoms with Gasteiger partial charge in [-0.1, -0.05) is 45.0 Å². The second kappa shape index (κ2) is 9.52. The summed E-state index contributed by atoms with van der Waals surface area (Å²) in [6.45, 7) is 10.9. The van der Waals surface area contributed by atoms with Crippen LogP contribution in [0.2, 0.25) is 0 Å². The highest BCUT2D eigenvalue weighted by molar-refractivity contribution is 6.30.